The zero-order valence-corrected chi connectivity index (χ0v) is 13.4. The standard InChI is InChI=1S/C15H29N3O3/c1-15(2,6-4-13(19)20)7-8-16-14(21)17-10-12-5-9-18(3)11-12/h12H,4-11H2,1-3H3,(H,19,20)(H2,16,17,21). The van der Waals surface area contributed by atoms with Gasteiger partial charge in [0.05, 0.1) is 0 Å². The number of hydrogen-bond donors (Lipinski definition) is 3. The Morgan fingerprint density at radius 3 is 2.57 bits per heavy atom. The lowest BCUT2D eigenvalue weighted by molar-refractivity contribution is -0.137. The summed E-state index contributed by atoms with van der Waals surface area (Å²) >= 11 is 0. The summed E-state index contributed by atoms with van der Waals surface area (Å²) in [7, 11) is 2.10. The third-order valence-electron chi connectivity index (χ3n) is 4.14. The first-order valence-corrected chi connectivity index (χ1v) is 7.70. The highest BCUT2D eigenvalue weighted by Crippen LogP contribution is 2.25. The van der Waals surface area contributed by atoms with Gasteiger partial charge in [0.15, 0.2) is 0 Å². The van der Waals surface area contributed by atoms with Crippen molar-refractivity contribution in [3.8, 4) is 0 Å². The highest BCUT2D eigenvalue weighted by Gasteiger charge is 2.21. The largest absolute Gasteiger partial charge is 0.481 e. The third-order valence-corrected chi connectivity index (χ3v) is 4.14. The predicted octanol–water partition coefficient (Wildman–Crippen LogP) is 1.52. The Morgan fingerprint density at radius 2 is 2.00 bits per heavy atom. The van der Waals surface area contributed by atoms with E-state index < -0.39 is 5.97 Å². The molecular weight excluding hydrogens is 270 g/mol. The Bertz CT molecular complexity index is 358. The molecule has 3 N–H and O–H groups in total. The fraction of sp³-hybridized carbons (Fsp3) is 0.867. The molecular formula is C15H29N3O3. The molecule has 0 spiro atoms. The summed E-state index contributed by atoms with van der Waals surface area (Å²) < 4.78 is 0. The van der Waals surface area contributed by atoms with Gasteiger partial charge in [-0.05, 0) is 44.2 Å². The van der Waals surface area contributed by atoms with E-state index in [-0.39, 0.29) is 17.9 Å². The number of nitrogens with zero attached hydrogens (tertiary/aromatic N) is 1. The minimum Gasteiger partial charge on any atom is -0.481 e. The monoisotopic (exact) mass is 299 g/mol. The smallest absolute Gasteiger partial charge is 0.314 e. The van der Waals surface area contributed by atoms with E-state index in [4.69, 9.17) is 5.11 Å². The quantitative estimate of drug-likeness (QED) is 0.634. The average Bonchev–Trinajstić information content (AvgIpc) is 2.80. The number of rotatable bonds is 8. The van der Waals surface area contributed by atoms with E-state index in [0.717, 1.165) is 32.5 Å². The highest BCUT2D eigenvalue weighted by molar-refractivity contribution is 5.73. The summed E-state index contributed by atoms with van der Waals surface area (Å²) in [6.07, 6.45) is 2.72. The number of aliphatic carboxylic acids is 1. The fourth-order valence-electron chi connectivity index (χ4n) is 2.58. The van der Waals surface area contributed by atoms with Gasteiger partial charge in [-0.25, -0.2) is 4.79 Å². The Hall–Kier alpha value is -1.30. The number of hydrogen-bond acceptors (Lipinski definition) is 3. The number of urea groups is 1. The molecule has 1 atom stereocenters. The van der Waals surface area contributed by atoms with Gasteiger partial charge in [0, 0.05) is 26.1 Å². The molecule has 0 aromatic carbocycles. The van der Waals surface area contributed by atoms with Gasteiger partial charge in [-0.15, -0.1) is 0 Å². The highest BCUT2D eigenvalue weighted by atomic mass is 16.4. The molecule has 6 nitrogen and oxygen atoms in total. The molecule has 0 aromatic heterocycles. The van der Waals surface area contributed by atoms with Crippen molar-refractivity contribution >= 4 is 12.0 Å². The molecule has 1 aliphatic rings. The maximum atomic E-state index is 11.7. The van der Waals surface area contributed by atoms with Crippen LogP contribution in [-0.4, -0.2) is 55.2 Å². The van der Waals surface area contributed by atoms with Crippen LogP contribution in [0.3, 0.4) is 0 Å². The molecule has 1 heterocycles. The SMILES string of the molecule is CN1CCC(CNC(=O)NCCC(C)(C)CCC(=O)O)C1. The van der Waals surface area contributed by atoms with Crippen molar-refractivity contribution in [3.05, 3.63) is 0 Å². The van der Waals surface area contributed by atoms with Crippen molar-refractivity contribution in [2.24, 2.45) is 11.3 Å². The van der Waals surface area contributed by atoms with Gasteiger partial charge in [0.25, 0.3) is 0 Å². The topological polar surface area (TPSA) is 81.7 Å². The van der Waals surface area contributed by atoms with E-state index in [9.17, 15) is 9.59 Å². The number of likely N-dealkylation sites (tertiary alicyclic amines) is 1. The second-order valence-electron chi connectivity index (χ2n) is 6.86. The first-order chi connectivity index (χ1) is 9.78. The molecule has 0 aliphatic carbocycles. The molecule has 1 fully saturated rings. The first kappa shape index (κ1) is 17.8. The van der Waals surface area contributed by atoms with Gasteiger partial charge >= 0.3 is 12.0 Å². The average molecular weight is 299 g/mol. The molecule has 0 radical (unpaired) electrons. The van der Waals surface area contributed by atoms with Crippen molar-refractivity contribution in [3.63, 3.8) is 0 Å². The molecule has 1 unspecified atom stereocenters. The second kappa shape index (κ2) is 8.22. The van der Waals surface area contributed by atoms with Crippen LogP contribution in [0.4, 0.5) is 4.79 Å². The molecule has 1 rings (SSSR count). The Labute approximate surface area is 127 Å². The van der Waals surface area contributed by atoms with Crippen molar-refractivity contribution in [2.45, 2.75) is 39.5 Å². The molecule has 1 saturated heterocycles. The normalized spacial score (nSPS) is 19.5. The lowest BCUT2D eigenvalue weighted by Gasteiger charge is -2.24. The van der Waals surface area contributed by atoms with Crippen molar-refractivity contribution in [1.82, 2.24) is 15.5 Å². The van der Waals surface area contributed by atoms with Crippen LogP contribution >= 0.6 is 0 Å². The van der Waals surface area contributed by atoms with Crippen LogP contribution in [0.25, 0.3) is 0 Å². The van der Waals surface area contributed by atoms with Crippen molar-refractivity contribution < 1.29 is 14.7 Å². The van der Waals surface area contributed by atoms with Crippen LogP contribution in [-0.2, 0) is 4.79 Å². The summed E-state index contributed by atoms with van der Waals surface area (Å²) in [5.74, 6) is -0.219. The van der Waals surface area contributed by atoms with Crippen LogP contribution < -0.4 is 10.6 Å². The third kappa shape index (κ3) is 7.90. The maximum absolute atomic E-state index is 11.7. The van der Waals surface area contributed by atoms with Gasteiger partial charge in [-0.2, -0.15) is 0 Å². The van der Waals surface area contributed by atoms with Gasteiger partial charge < -0.3 is 20.6 Å². The molecule has 6 heteroatoms. The minimum atomic E-state index is -0.768. The van der Waals surface area contributed by atoms with E-state index in [1.165, 1.54) is 0 Å². The van der Waals surface area contributed by atoms with Crippen LogP contribution in [0.15, 0.2) is 0 Å². The minimum absolute atomic E-state index is 0.0696. The molecule has 0 saturated carbocycles. The number of carboxylic acid groups (broad SMARTS) is 1. The van der Waals surface area contributed by atoms with E-state index in [1.807, 2.05) is 13.8 Å². The first-order valence-electron chi connectivity index (χ1n) is 7.70. The fourth-order valence-corrected chi connectivity index (χ4v) is 2.58. The Balaban J connectivity index is 2.11. The summed E-state index contributed by atoms with van der Waals surface area (Å²) in [5.41, 5.74) is -0.0696. The number of carbonyl (C=O) groups excluding carboxylic acids is 1. The molecule has 1 aliphatic heterocycles. The van der Waals surface area contributed by atoms with Gasteiger partial charge in [0.1, 0.15) is 0 Å². The summed E-state index contributed by atoms with van der Waals surface area (Å²) in [6, 6.07) is -0.126. The van der Waals surface area contributed by atoms with Crippen LogP contribution in [0.2, 0.25) is 0 Å². The number of carbonyl (C=O) groups is 2. The van der Waals surface area contributed by atoms with Gasteiger partial charge in [-0.1, -0.05) is 13.8 Å². The maximum Gasteiger partial charge on any atom is 0.314 e. The zero-order valence-electron chi connectivity index (χ0n) is 13.4. The summed E-state index contributed by atoms with van der Waals surface area (Å²) in [5, 5.41) is 14.5. The van der Waals surface area contributed by atoms with E-state index in [2.05, 4.69) is 22.6 Å². The van der Waals surface area contributed by atoms with Gasteiger partial charge in [-0.3, -0.25) is 4.79 Å². The summed E-state index contributed by atoms with van der Waals surface area (Å²) in [6.45, 7) is 7.50. The van der Waals surface area contributed by atoms with Crippen molar-refractivity contribution in [2.75, 3.05) is 33.2 Å². The molecule has 2 amide bonds. The number of nitrogens with one attached hydrogen (secondary N) is 2. The molecule has 21 heavy (non-hydrogen) atoms. The summed E-state index contributed by atoms with van der Waals surface area (Å²) in [4.78, 5) is 24.6. The second-order valence-corrected chi connectivity index (χ2v) is 6.86. The number of carboxylic acids is 1. The Morgan fingerprint density at radius 1 is 1.29 bits per heavy atom. The van der Waals surface area contributed by atoms with Crippen molar-refractivity contribution in [1.29, 1.82) is 0 Å². The van der Waals surface area contributed by atoms with E-state index in [1.54, 1.807) is 0 Å². The molecule has 0 bridgehead atoms. The zero-order chi connectivity index (χ0) is 15.9. The van der Waals surface area contributed by atoms with E-state index in [0.29, 0.717) is 18.9 Å². The Kier molecular flexibility index (Phi) is 6.95. The van der Waals surface area contributed by atoms with E-state index >= 15 is 0 Å². The lowest BCUT2D eigenvalue weighted by atomic mass is 9.84. The predicted molar refractivity (Wildman–Crippen MR) is 82.3 cm³/mol. The molecule has 122 valence electrons. The van der Waals surface area contributed by atoms with Crippen LogP contribution in [0, 0.1) is 11.3 Å². The van der Waals surface area contributed by atoms with Gasteiger partial charge in [0.2, 0.25) is 0 Å². The van der Waals surface area contributed by atoms with Crippen LogP contribution in [0.5, 0.6) is 0 Å². The number of amides is 2. The lowest BCUT2D eigenvalue weighted by Crippen LogP contribution is -2.40. The molecule has 0 aromatic rings. The van der Waals surface area contributed by atoms with Crippen LogP contribution in [0.1, 0.15) is 39.5 Å².